The summed E-state index contributed by atoms with van der Waals surface area (Å²) < 4.78 is -0.381. The van der Waals surface area contributed by atoms with E-state index in [2.05, 4.69) is 5.32 Å². The standard InChI is InChI=1S/C10H17NO4S/c1-10(4-2-6-16-10)9(15)11-5-3-7(12)8(13)14/h7,12H,2-6H2,1H3,(H,11,15)(H,13,14). The third-order valence-electron chi connectivity index (χ3n) is 2.69. The normalized spacial score (nSPS) is 26.4. The van der Waals surface area contributed by atoms with Crippen molar-refractivity contribution in [3.8, 4) is 0 Å². The SMILES string of the molecule is CC1(C(=O)NCCC(O)C(=O)O)CCCS1. The van der Waals surface area contributed by atoms with Gasteiger partial charge in [0.25, 0.3) is 0 Å². The highest BCUT2D eigenvalue weighted by atomic mass is 32.2. The van der Waals surface area contributed by atoms with Crippen molar-refractivity contribution < 1.29 is 19.8 Å². The molecule has 1 rings (SSSR count). The third kappa shape index (κ3) is 3.38. The van der Waals surface area contributed by atoms with Crippen molar-refractivity contribution in [2.24, 2.45) is 0 Å². The molecule has 0 aromatic heterocycles. The van der Waals surface area contributed by atoms with Gasteiger partial charge in [-0.3, -0.25) is 4.79 Å². The Morgan fingerprint density at radius 1 is 1.56 bits per heavy atom. The third-order valence-corrected chi connectivity index (χ3v) is 4.21. The van der Waals surface area contributed by atoms with Gasteiger partial charge in [0.05, 0.1) is 4.75 Å². The molecule has 1 aliphatic heterocycles. The van der Waals surface area contributed by atoms with Crippen LogP contribution in [0.2, 0.25) is 0 Å². The lowest BCUT2D eigenvalue weighted by Gasteiger charge is -2.21. The molecular formula is C10H17NO4S. The van der Waals surface area contributed by atoms with Crippen molar-refractivity contribution in [2.45, 2.75) is 37.0 Å². The molecule has 1 saturated heterocycles. The number of amides is 1. The van der Waals surface area contributed by atoms with Crippen LogP contribution in [-0.2, 0) is 9.59 Å². The van der Waals surface area contributed by atoms with Crippen molar-refractivity contribution in [3.05, 3.63) is 0 Å². The summed E-state index contributed by atoms with van der Waals surface area (Å²) in [7, 11) is 0. The second kappa shape index (κ2) is 5.54. The Hall–Kier alpha value is -0.750. The molecule has 6 heteroatoms. The maximum Gasteiger partial charge on any atom is 0.332 e. The summed E-state index contributed by atoms with van der Waals surface area (Å²) in [6.07, 6.45) is 0.531. The Balaban J connectivity index is 2.27. The fraction of sp³-hybridized carbons (Fsp3) is 0.800. The van der Waals surface area contributed by atoms with Gasteiger partial charge in [0.1, 0.15) is 0 Å². The maximum atomic E-state index is 11.8. The average molecular weight is 247 g/mol. The quantitative estimate of drug-likeness (QED) is 0.647. The monoisotopic (exact) mass is 247 g/mol. The van der Waals surface area contributed by atoms with Crippen LogP contribution in [0.4, 0.5) is 0 Å². The minimum Gasteiger partial charge on any atom is -0.479 e. The topological polar surface area (TPSA) is 86.6 Å². The minimum absolute atomic E-state index is 0.0435. The fourth-order valence-corrected chi connectivity index (χ4v) is 2.82. The highest BCUT2D eigenvalue weighted by Crippen LogP contribution is 2.37. The number of aliphatic carboxylic acids is 1. The molecule has 1 fully saturated rings. The van der Waals surface area contributed by atoms with Gasteiger partial charge in [-0.15, -0.1) is 11.8 Å². The van der Waals surface area contributed by atoms with E-state index < -0.39 is 12.1 Å². The number of hydrogen-bond acceptors (Lipinski definition) is 4. The van der Waals surface area contributed by atoms with Crippen LogP contribution in [0, 0.1) is 0 Å². The Morgan fingerprint density at radius 3 is 2.75 bits per heavy atom. The molecule has 0 aliphatic carbocycles. The summed E-state index contributed by atoms with van der Waals surface area (Å²) in [4.78, 5) is 22.1. The molecule has 1 heterocycles. The molecule has 1 aliphatic rings. The molecule has 2 atom stereocenters. The molecule has 5 nitrogen and oxygen atoms in total. The van der Waals surface area contributed by atoms with E-state index in [1.54, 1.807) is 11.8 Å². The lowest BCUT2D eigenvalue weighted by molar-refractivity contribution is -0.147. The van der Waals surface area contributed by atoms with Gasteiger partial charge in [0, 0.05) is 13.0 Å². The van der Waals surface area contributed by atoms with Crippen molar-refractivity contribution in [3.63, 3.8) is 0 Å². The summed E-state index contributed by atoms with van der Waals surface area (Å²) in [5.74, 6) is -0.329. The summed E-state index contributed by atoms with van der Waals surface area (Å²) in [6.45, 7) is 2.09. The predicted octanol–water partition coefficient (Wildman–Crippen LogP) is 0.224. The van der Waals surface area contributed by atoms with Crippen LogP contribution < -0.4 is 5.32 Å². The van der Waals surface area contributed by atoms with Gasteiger partial charge in [-0.1, -0.05) is 0 Å². The zero-order chi connectivity index (χ0) is 12.2. The number of carbonyl (C=O) groups is 2. The number of thioether (sulfide) groups is 1. The van der Waals surface area contributed by atoms with Gasteiger partial charge in [-0.2, -0.15) is 0 Å². The van der Waals surface area contributed by atoms with Crippen molar-refractivity contribution in [1.82, 2.24) is 5.32 Å². The highest BCUT2D eigenvalue weighted by molar-refractivity contribution is 8.01. The predicted molar refractivity (Wildman–Crippen MR) is 61.4 cm³/mol. The van der Waals surface area contributed by atoms with Crippen LogP contribution in [0.1, 0.15) is 26.2 Å². The smallest absolute Gasteiger partial charge is 0.332 e. The van der Waals surface area contributed by atoms with E-state index in [1.807, 2.05) is 6.92 Å². The Bertz CT molecular complexity index is 276. The Labute approximate surface area is 98.6 Å². The van der Waals surface area contributed by atoms with Crippen LogP contribution in [0.25, 0.3) is 0 Å². The number of rotatable bonds is 5. The number of aliphatic hydroxyl groups excluding tert-OH is 1. The highest BCUT2D eigenvalue weighted by Gasteiger charge is 2.36. The Morgan fingerprint density at radius 2 is 2.25 bits per heavy atom. The van der Waals surface area contributed by atoms with Crippen LogP contribution >= 0.6 is 11.8 Å². The number of carboxylic acid groups (broad SMARTS) is 1. The van der Waals surface area contributed by atoms with Crippen LogP contribution in [0.15, 0.2) is 0 Å². The lowest BCUT2D eigenvalue weighted by atomic mass is 10.0. The zero-order valence-electron chi connectivity index (χ0n) is 9.23. The van der Waals surface area contributed by atoms with E-state index in [-0.39, 0.29) is 23.6 Å². The van der Waals surface area contributed by atoms with E-state index >= 15 is 0 Å². The van der Waals surface area contributed by atoms with Gasteiger partial charge >= 0.3 is 5.97 Å². The second-order valence-corrected chi connectivity index (χ2v) is 5.68. The lowest BCUT2D eigenvalue weighted by Crippen LogP contribution is -2.41. The van der Waals surface area contributed by atoms with Crippen molar-refractivity contribution in [2.75, 3.05) is 12.3 Å². The summed E-state index contributed by atoms with van der Waals surface area (Å²) in [6, 6.07) is 0. The number of carboxylic acids is 1. The van der Waals surface area contributed by atoms with Gasteiger partial charge < -0.3 is 15.5 Å². The Kier molecular flexibility index (Phi) is 4.61. The summed E-state index contributed by atoms with van der Waals surface area (Å²) in [5, 5.41) is 20.1. The van der Waals surface area contributed by atoms with Gasteiger partial charge in [-0.25, -0.2) is 4.79 Å². The van der Waals surface area contributed by atoms with E-state index in [0.29, 0.717) is 0 Å². The minimum atomic E-state index is -1.40. The van der Waals surface area contributed by atoms with Crippen molar-refractivity contribution in [1.29, 1.82) is 0 Å². The van der Waals surface area contributed by atoms with Crippen LogP contribution in [0.5, 0.6) is 0 Å². The molecule has 3 N–H and O–H groups in total. The molecule has 16 heavy (non-hydrogen) atoms. The van der Waals surface area contributed by atoms with Crippen LogP contribution in [-0.4, -0.2) is 45.2 Å². The van der Waals surface area contributed by atoms with E-state index in [0.717, 1.165) is 18.6 Å². The molecular weight excluding hydrogens is 230 g/mol. The molecule has 0 saturated carbocycles. The number of aliphatic hydroxyl groups is 1. The molecule has 0 aromatic carbocycles. The summed E-state index contributed by atoms with van der Waals surface area (Å²) in [5.41, 5.74) is 0. The number of carbonyl (C=O) groups excluding carboxylic acids is 1. The first-order valence-electron chi connectivity index (χ1n) is 5.29. The molecule has 0 bridgehead atoms. The second-order valence-electron chi connectivity index (χ2n) is 4.08. The van der Waals surface area contributed by atoms with Gasteiger partial charge in [0.2, 0.25) is 5.91 Å². The first-order chi connectivity index (χ1) is 7.46. The summed E-state index contributed by atoms with van der Waals surface area (Å²) >= 11 is 1.63. The van der Waals surface area contributed by atoms with E-state index in [4.69, 9.17) is 10.2 Å². The van der Waals surface area contributed by atoms with E-state index in [1.165, 1.54) is 0 Å². The first-order valence-corrected chi connectivity index (χ1v) is 6.27. The average Bonchev–Trinajstić information content (AvgIpc) is 2.66. The molecule has 2 unspecified atom stereocenters. The number of nitrogens with one attached hydrogen (secondary N) is 1. The maximum absolute atomic E-state index is 11.8. The van der Waals surface area contributed by atoms with Crippen LogP contribution in [0.3, 0.4) is 0 Å². The first kappa shape index (κ1) is 13.3. The largest absolute Gasteiger partial charge is 0.479 e. The zero-order valence-corrected chi connectivity index (χ0v) is 10.0. The fourth-order valence-electron chi connectivity index (χ4n) is 1.59. The molecule has 1 amide bonds. The molecule has 0 aromatic rings. The van der Waals surface area contributed by atoms with E-state index in [9.17, 15) is 9.59 Å². The van der Waals surface area contributed by atoms with Gasteiger partial charge in [0.15, 0.2) is 6.10 Å². The molecule has 0 radical (unpaired) electrons. The number of hydrogen-bond donors (Lipinski definition) is 3. The molecule has 92 valence electrons. The molecule has 0 spiro atoms. The van der Waals surface area contributed by atoms with Gasteiger partial charge in [-0.05, 0) is 25.5 Å². The van der Waals surface area contributed by atoms with Crippen molar-refractivity contribution >= 4 is 23.6 Å².